The minimum Gasteiger partial charge on any atom is -0.383 e. The molecule has 0 aromatic rings. The molecule has 6 atom stereocenters. The number of carbonyl (C=O) groups excluding carboxylic acids is 4. The highest BCUT2D eigenvalue weighted by atomic mass is 16.3. The standard InChI is InChI=1S/C27H45N3O5/c1-26(2,3)12-18(31)10-17(13-28)25(35)30-14-19-21(27(19,4)5)22(30)20(32)11-16(23(33)24(29)34)9-15-7-6-8-15/h15-17,19,21-23,33H,6-14,28H2,1-5H3,(H2,29,34)/t16?,17-,19?,21-,22+,23?/m0/s1. The third kappa shape index (κ3) is 6.13. The molecule has 2 amide bonds. The summed E-state index contributed by atoms with van der Waals surface area (Å²) in [6.45, 7) is 10.7. The van der Waals surface area contributed by atoms with Crippen LogP contribution in [0.5, 0.6) is 0 Å². The van der Waals surface area contributed by atoms with E-state index in [9.17, 15) is 24.3 Å². The molecule has 3 aliphatic rings. The van der Waals surface area contributed by atoms with Crippen molar-refractivity contribution in [3.63, 3.8) is 0 Å². The molecule has 2 aliphatic carbocycles. The topological polar surface area (TPSA) is 144 Å². The Kier molecular flexibility index (Phi) is 8.17. The van der Waals surface area contributed by atoms with Crippen LogP contribution in [-0.4, -0.2) is 58.6 Å². The Balaban J connectivity index is 1.75. The van der Waals surface area contributed by atoms with E-state index in [1.807, 2.05) is 20.8 Å². The van der Waals surface area contributed by atoms with Crippen molar-refractivity contribution in [1.82, 2.24) is 4.90 Å². The molecule has 8 heteroatoms. The first-order valence-corrected chi connectivity index (χ1v) is 13.2. The number of rotatable bonds is 12. The predicted molar refractivity (Wildman–Crippen MR) is 133 cm³/mol. The molecule has 0 spiro atoms. The summed E-state index contributed by atoms with van der Waals surface area (Å²) in [5.41, 5.74) is 11.1. The molecule has 3 unspecified atom stereocenters. The number of primary amides is 1. The highest BCUT2D eigenvalue weighted by Crippen LogP contribution is 2.65. The third-order valence-electron chi connectivity index (χ3n) is 8.72. The molecule has 198 valence electrons. The number of aliphatic hydroxyl groups excluding tert-OH is 1. The highest BCUT2D eigenvalue weighted by molar-refractivity contribution is 5.94. The molecule has 5 N–H and O–H groups in total. The number of carbonyl (C=O) groups is 4. The minimum atomic E-state index is -1.38. The van der Waals surface area contributed by atoms with E-state index in [0.29, 0.717) is 25.3 Å². The van der Waals surface area contributed by atoms with Gasteiger partial charge in [-0.05, 0) is 35.0 Å². The van der Waals surface area contributed by atoms with Crippen molar-refractivity contribution >= 4 is 23.4 Å². The number of likely N-dealkylation sites (tertiary alicyclic amines) is 1. The predicted octanol–water partition coefficient (Wildman–Crippen LogP) is 2.05. The number of nitrogens with two attached hydrogens (primary N) is 2. The van der Waals surface area contributed by atoms with Gasteiger partial charge in [-0.25, -0.2) is 0 Å². The minimum absolute atomic E-state index is 0.000921. The zero-order valence-electron chi connectivity index (χ0n) is 22.1. The van der Waals surface area contributed by atoms with Gasteiger partial charge in [0, 0.05) is 38.3 Å². The maximum atomic E-state index is 13.7. The summed E-state index contributed by atoms with van der Waals surface area (Å²) in [7, 11) is 0. The molecular weight excluding hydrogens is 446 g/mol. The van der Waals surface area contributed by atoms with Crippen LogP contribution in [0.3, 0.4) is 0 Å². The van der Waals surface area contributed by atoms with E-state index in [-0.39, 0.29) is 59.5 Å². The number of Topliss-reactive ketones (excluding diaryl/α,β-unsaturated/α-hetero) is 2. The Bertz CT molecular complexity index is 844. The van der Waals surface area contributed by atoms with E-state index < -0.39 is 29.9 Å². The van der Waals surface area contributed by atoms with Gasteiger partial charge in [-0.15, -0.1) is 0 Å². The van der Waals surface area contributed by atoms with Crippen molar-refractivity contribution in [2.24, 2.45) is 51.9 Å². The Morgan fingerprint density at radius 2 is 1.74 bits per heavy atom. The molecule has 8 nitrogen and oxygen atoms in total. The molecular formula is C27H45N3O5. The Morgan fingerprint density at radius 1 is 1.11 bits per heavy atom. The summed E-state index contributed by atoms with van der Waals surface area (Å²) in [6.07, 6.45) is 2.85. The number of hydrogen-bond acceptors (Lipinski definition) is 6. The fourth-order valence-electron chi connectivity index (χ4n) is 6.42. The van der Waals surface area contributed by atoms with E-state index in [1.54, 1.807) is 4.90 Å². The van der Waals surface area contributed by atoms with Crippen LogP contribution < -0.4 is 11.5 Å². The molecule has 0 aromatic heterocycles. The average Bonchev–Trinajstić information content (AvgIpc) is 3.06. The van der Waals surface area contributed by atoms with Crippen LogP contribution in [0.15, 0.2) is 0 Å². The molecule has 0 aromatic carbocycles. The quantitative estimate of drug-likeness (QED) is 0.381. The van der Waals surface area contributed by atoms with E-state index in [1.165, 1.54) is 0 Å². The monoisotopic (exact) mass is 491 g/mol. The lowest BCUT2D eigenvalue weighted by atomic mass is 9.75. The van der Waals surface area contributed by atoms with Crippen LogP contribution in [-0.2, 0) is 19.2 Å². The van der Waals surface area contributed by atoms with Crippen LogP contribution in [0.2, 0.25) is 0 Å². The third-order valence-corrected chi connectivity index (χ3v) is 8.72. The summed E-state index contributed by atoms with van der Waals surface area (Å²) in [4.78, 5) is 53.2. The SMILES string of the molecule is CC(C)(C)CC(=O)C[C@@H](CN)C(=O)N1CC2[C@@H]([C@H]1C(=O)CC(CC1CCC1)C(O)C(N)=O)C2(C)C. The molecule has 2 saturated carbocycles. The highest BCUT2D eigenvalue weighted by Gasteiger charge is 2.69. The van der Waals surface area contributed by atoms with Gasteiger partial charge < -0.3 is 21.5 Å². The van der Waals surface area contributed by atoms with E-state index >= 15 is 0 Å². The first-order valence-electron chi connectivity index (χ1n) is 13.2. The molecule has 3 rings (SSSR count). The Labute approximate surface area is 209 Å². The first kappa shape index (κ1) is 27.8. The number of fused-ring (bicyclic) bond motifs is 1. The van der Waals surface area contributed by atoms with E-state index in [2.05, 4.69) is 13.8 Å². The van der Waals surface area contributed by atoms with Gasteiger partial charge in [0.05, 0.1) is 12.0 Å². The van der Waals surface area contributed by atoms with Crippen molar-refractivity contribution < 1.29 is 24.3 Å². The second-order valence-electron chi connectivity index (χ2n) is 13.1. The van der Waals surface area contributed by atoms with E-state index in [4.69, 9.17) is 11.5 Å². The molecule has 1 aliphatic heterocycles. The van der Waals surface area contributed by atoms with Crippen LogP contribution >= 0.6 is 0 Å². The molecule has 3 fully saturated rings. The normalized spacial score (nSPS) is 28.0. The number of nitrogens with zero attached hydrogens (tertiary/aromatic N) is 1. The average molecular weight is 492 g/mol. The van der Waals surface area contributed by atoms with Crippen molar-refractivity contribution in [3.05, 3.63) is 0 Å². The molecule has 35 heavy (non-hydrogen) atoms. The number of hydrogen-bond donors (Lipinski definition) is 3. The van der Waals surface area contributed by atoms with Crippen LogP contribution in [0.4, 0.5) is 0 Å². The lowest BCUT2D eigenvalue weighted by Gasteiger charge is -2.35. The lowest BCUT2D eigenvalue weighted by Crippen LogP contribution is -2.50. The van der Waals surface area contributed by atoms with Crippen LogP contribution in [0, 0.1) is 40.4 Å². The number of piperidine rings is 1. The fraction of sp³-hybridized carbons (Fsp3) is 0.852. The van der Waals surface area contributed by atoms with Crippen LogP contribution in [0.1, 0.15) is 79.6 Å². The Morgan fingerprint density at radius 3 is 2.23 bits per heavy atom. The number of ketones is 2. The fourth-order valence-corrected chi connectivity index (χ4v) is 6.42. The molecule has 1 heterocycles. The summed E-state index contributed by atoms with van der Waals surface area (Å²) >= 11 is 0. The zero-order valence-corrected chi connectivity index (χ0v) is 22.1. The van der Waals surface area contributed by atoms with Gasteiger partial charge in [0.15, 0.2) is 5.78 Å². The van der Waals surface area contributed by atoms with Crippen molar-refractivity contribution in [3.8, 4) is 0 Å². The van der Waals surface area contributed by atoms with Gasteiger partial charge in [-0.1, -0.05) is 53.9 Å². The summed E-state index contributed by atoms with van der Waals surface area (Å²) in [5.74, 6) is -1.72. The van der Waals surface area contributed by atoms with Gasteiger partial charge >= 0.3 is 0 Å². The Hall–Kier alpha value is -1.80. The molecule has 1 saturated heterocycles. The van der Waals surface area contributed by atoms with Gasteiger partial charge in [0.1, 0.15) is 11.9 Å². The summed E-state index contributed by atoms with van der Waals surface area (Å²) in [5, 5.41) is 10.5. The smallest absolute Gasteiger partial charge is 0.246 e. The van der Waals surface area contributed by atoms with Crippen molar-refractivity contribution in [1.29, 1.82) is 0 Å². The maximum absolute atomic E-state index is 13.7. The molecule has 0 bridgehead atoms. The second-order valence-corrected chi connectivity index (χ2v) is 13.1. The summed E-state index contributed by atoms with van der Waals surface area (Å²) < 4.78 is 0. The van der Waals surface area contributed by atoms with Gasteiger partial charge in [-0.3, -0.25) is 19.2 Å². The van der Waals surface area contributed by atoms with Crippen LogP contribution in [0.25, 0.3) is 0 Å². The van der Waals surface area contributed by atoms with Crippen molar-refractivity contribution in [2.75, 3.05) is 13.1 Å². The lowest BCUT2D eigenvalue weighted by molar-refractivity contribution is -0.145. The first-order chi connectivity index (χ1) is 16.2. The van der Waals surface area contributed by atoms with E-state index in [0.717, 1.165) is 19.3 Å². The number of aliphatic hydroxyl groups is 1. The van der Waals surface area contributed by atoms with Gasteiger partial charge in [0.2, 0.25) is 11.8 Å². The second kappa shape index (κ2) is 10.3. The number of amides is 2. The maximum Gasteiger partial charge on any atom is 0.246 e. The van der Waals surface area contributed by atoms with Crippen molar-refractivity contribution in [2.45, 2.75) is 91.7 Å². The molecule has 0 radical (unpaired) electrons. The van der Waals surface area contributed by atoms with Gasteiger partial charge in [0.25, 0.3) is 0 Å². The zero-order chi connectivity index (χ0) is 26.3. The summed E-state index contributed by atoms with van der Waals surface area (Å²) in [6, 6.07) is -0.613. The largest absolute Gasteiger partial charge is 0.383 e. The van der Waals surface area contributed by atoms with Gasteiger partial charge in [-0.2, -0.15) is 0 Å².